The van der Waals surface area contributed by atoms with Crippen LogP contribution in [0.3, 0.4) is 0 Å². The predicted molar refractivity (Wildman–Crippen MR) is 210 cm³/mol. The van der Waals surface area contributed by atoms with E-state index in [4.69, 9.17) is 28.4 Å². The van der Waals surface area contributed by atoms with Crippen molar-refractivity contribution in [2.75, 3.05) is 65.7 Å². The van der Waals surface area contributed by atoms with E-state index >= 15 is 0 Å². The third kappa shape index (κ3) is 9.67. The molecule has 4 fully saturated rings. The van der Waals surface area contributed by atoms with Gasteiger partial charge in [-0.05, 0) is 41.0 Å². The standard InChI is InChI=1S/C20H21N3O4.C14H11NO3.C6H10N2O2.CH4.ClH/c24-20-23-9-8-22(11-16(23)12-26-20)10-14-3-5-15(6-4-14)18-13-25-17-2-1-7-21-19(17)27-18;16-8-10-3-5-11(6-4-10)13-9-17-12-2-1-7-15-14(12)18-13;9-6-8-2-1-7-3-5(8)4-10-6;;/h1-7,16,18H,8-13H2;1-8,13H,9H2;5,7H,1-4H2;1H4;1H/t16-,18+;13-;5-;;/m010../s1. The van der Waals surface area contributed by atoms with Gasteiger partial charge in [0, 0.05) is 63.8 Å². The van der Waals surface area contributed by atoms with Crippen LogP contribution in [0.4, 0.5) is 9.59 Å². The topological polar surface area (TPSA) is 154 Å². The second-order valence-corrected chi connectivity index (χ2v) is 13.8. The van der Waals surface area contributed by atoms with Gasteiger partial charge < -0.3 is 33.7 Å². The number of carbonyl (C=O) groups excluding carboxylic acids is 3. The molecule has 8 heterocycles. The number of piperazine rings is 2. The van der Waals surface area contributed by atoms with E-state index < -0.39 is 0 Å². The van der Waals surface area contributed by atoms with Crippen molar-refractivity contribution in [3.8, 4) is 23.3 Å². The summed E-state index contributed by atoms with van der Waals surface area (Å²) in [5, 5.41) is 3.20. The van der Waals surface area contributed by atoms with E-state index in [1.54, 1.807) is 35.5 Å². The molecule has 2 aromatic carbocycles. The Bertz CT molecular complexity index is 1970. The first-order valence-electron chi connectivity index (χ1n) is 18.4. The Hall–Kier alpha value is -5.64. The quantitative estimate of drug-likeness (QED) is 0.267. The number of nitrogens with one attached hydrogen (secondary N) is 1. The highest BCUT2D eigenvalue weighted by molar-refractivity contribution is 5.85. The van der Waals surface area contributed by atoms with Crippen LogP contribution in [0.15, 0.2) is 85.2 Å². The minimum absolute atomic E-state index is 0. The molecule has 4 aromatic rings. The number of aromatic nitrogens is 2. The fourth-order valence-corrected chi connectivity index (χ4v) is 7.13. The van der Waals surface area contributed by atoms with Crippen LogP contribution in [-0.2, 0) is 16.0 Å². The van der Waals surface area contributed by atoms with E-state index in [9.17, 15) is 14.4 Å². The van der Waals surface area contributed by atoms with Crippen molar-refractivity contribution in [3.05, 3.63) is 107 Å². The largest absolute Gasteiger partial charge is 0.484 e. The van der Waals surface area contributed by atoms with E-state index in [-0.39, 0.29) is 50.3 Å². The molecule has 0 unspecified atom stereocenters. The summed E-state index contributed by atoms with van der Waals surface area (Å²) in [6.45, 7) is 7.89. The number of pyridine rings is 2. The summed E-state index contributed by atoms with van der Waals surface area (Å²) in [4.78, 5) is 47.4. The molecule has 6 aliphatic rings. The molecule has 0 aliphatic carbocycles. The van der Waals surface area contributed by atoms with Crippen LogP contribution in [0.25, 0.3) is 0 Å². The highest BCUT2D eigenvalue weighted by atomic mass is 35.5. The van der Waals surface area contributed by atoms with E-state index in [2.05, 4.69) is 44.5 Å². The Morgan fingerprint density at radius 2 is 1.25 bits per heavy atom. The number of carbonyl (C=O) groups is 3. The SMILES string of the molecule is C.Cl.O=C1OC[C@@H]2CN(Cc3ccc([C@H]4COc5cccnc5O4)cc3)CCN12.O=C1OC[C@@H]2CNCCN12.O=Cc1ccc([C@H]2COc3cccnc3O2)cc1. The van der Waals surface area contributed by atoms with Crippen molar-refractivity contribution in [1.29, 1.82) is 0 Å². The summed E-state index contributed by atoms with van der Waals surface area (Å²) in [7, 11) is 0. The minimum atomic E-state index is -0.187. The van der Waals surface area contributed by atoms with Crippen LogP contribution < -0.4 is 24.3 Å². The number of nitrogens with zero attached hydrogens (tertiary/aromatic N) is 5. The third-order valence-corrected chi connectivity index (χ3v) is 10.1. The van der Waals surface area contributed by atoms with Gasteiger partial charge in [-0.2, -0.15) is 0 Å². The van der Waals surface area contributed by atoms with E-state index in [1.807, 2.05) is 35.2 Å². The lowest BCUT2D eigenvalue weighted by Crippen LogP contribution is -2.51. The van der Waals surface area contributed by atoms with Gasteiger partial charge in [-0.25, -0.2) is 19.6 Å². The van der Waals surface area contributed by atoms with Gasteiger partial charge in [0.05, 0.1) is 12.1 Å². The van der Waals surface area contributed by atoms with Gasteiger partial charge in [-0.15, -0.1) is 12.4 Å². The smallest absolute Gasteiger partial charge is 0.410 e. The van der Waals surface area contributed by atoms with Crippen LogP contribution in [-0.4, -0.2) is 121 Å². The maximum absolute atomic E-state index is 11.6. The average Bonchev–Trinajstić information content (AvgIpc) is 3.82. The Morgan fingerprint density at radius 1 is 0.684 bits per heavy atom. The van der Waals surface area contributed by atoms with Crippen molar-refractivity contribution in [1.82, 2.24) is 30.0 Å². The second-order valence-electron chi connectivity index (χ2n) is 13.8. The normalized spacial score (nSPS) is 22.6. The fourth-order valence-electron chi connectivity index (χ4n) is 7.13. The first kappa shape index (κ1) is 41.0. The third-order valence-electron chi connectivity index (χ3n) is 10.1. The van der Waals surface area contributed by atoms with Gasteiger partial charge >= 0.3 is 12.2 Å². The molecule has 4 saturated heterocycles. The number of hydrogen-bond acceptors (Lipinski definition) is 13. The number of hydrogen-bond donors (Lipinski definition) is 1. The molecule has 1 N–H and O–H groups in total. The van der Waals surface area contributed by atoms with Crippen molar-refractivity contribution < 1.29 is 42.8 Å². The zero-order chi connectivity index (χ0) is 37.6. The Labute approximate surface area is 337 Å². The number of fused-ring (bicyclic) bond motifs is 4. The van der Waals surface area contributed by atoms with Crippen molar-refractivity contribution >= 4 is 30.9 Å². The van der Waals surface area contributed by atoms with Crippen LogP contribution in [0.2, 0.25) is 0 Å². The molecule has 57 heavy (non-hydrogen) atoms. The maximum Gasteiger partial charge on any atom is 0.410 e. The maximum atomic E-state index is 11.6. The number of cyclic esters (lactones) is 2. The van der Waals surface area contributed by atoms with E-state index in [1.165, 1.54) is 5.56 Å². The second kappa shape index (κ2) is 19.0. The molecule has 4 atom stereocenters. The zero-order valence-electron chi connectivity index (χ0n) is 30.6. The van der Waals surface area contributed by atoms with Gasteiger partial charge in [0.1, 0.15) is 32.7 Å². The highest BCUT2D eigenvalue weighted by Crippen LogP contribution is 2.35. The summed E-state index contributed by atoms with van der Waals surface area (Å²) >= 11 is 0. The number of ether oxygens (including phenoxy) is 6. The number of amides is 2. The molecule has 0 spiro atoms. The van der Waals surface area contributed by atoms with Gasteiger partial charge in [-0.3, -0.25) is 19.5 Å². The minimum Gasteiger partial charge on any atom is -0.484 e. The zero-order valence-corrected chi connectivity index (χ0v) is 31.4. The summed E-state index contributed by atoms with van der Waals surface area (Å²) < 4.78 is 33.1. The van der Waals surface area contributed by atoms with Gasteiger partial charge in [-0.1, -0.05) is 56.0 Å². The molecule has 0 bridgehead atoms. The molecule has 302 valence electrons. The first-order valence-corrected chi connectivity index (χ1v) is 18.4. The average molecular weight is 803 g/mol. The Balaban J connectivity index is 0.000000158. The fraction of sp³-hybridized carbons (Fsp3) is 0.390. The molecule has 2 amide bonds. The molecule has 0 radical (unpaired) electrons. The van der Waals surface area contributed by atoms with Gasteiger partial charge in [0.15, 0.2) is 23.7 Å². The first-order chi connectivity index (χ1) is 27.0. The Kier molecular flexibility index (Phi) is 13.7. The van der Waals surface area contributed by atoms with Crippen LogP contribution >= 0.6 is 12.4 Å². The van der Waals surface area contributed by atoms with Crippen LogP contribution in [0.1, 0.15) is 46.7 Å². The van der Waals surface area contributed by atoms with Crippen molar-refractivity contribution in [3.63, 3.8) is 0 Å². The lowest BCUT2D eigenvalue weighted by molar-refractivity contribution is 0.0850. The van der Waals surface area contributed by atoms with Crippen molar-refractivity contribution in [2.45, 2.75) is 38.3 Å². The summed E-state index contributed by atoms with van der Waals surface area (Å²) in [5.74, 6) is 2.41. The number of halogens is 1. The molecule has 10 rings (SSSR count). The van der Waals surface area contributed by atoms with Crippen LogP contribution in [0.5, 0.6) is 23.3 Å². The number of rotatable bonds is 5. The predicted octanol–water partition coefficient (Wildman–Crippen LogP) is 5.11. The summed E-state index contributed by atoms with van der Waals surface area (Å²) in [6, 6.07) is 23.5. The molecule has 15 nitrogen and oxygen atoms in total. The molecule has 16 heteroatoms. The lowest BCUT2D eigenvalue weighted by Gasteiger charge is -2.35. The van der Waals surface area contributed by atoms with E-state index in [0.717, 1.165) is 63.2 Å². The summed E-state index contributed by atoms with van der Waals surface area (Å²) in [6.07, 6.45) is 3.54. The lowest BCUT2D eigenvalue weighted by atomic mass is 10.1. The van der Waals surface area contributed by atoms with E-state index in [0.29, 0.717) is 61.3 Å². The summed E-state index contributed by atoms with van der Waals surface area (Å²) in [5.41, 5.74) is 3.94. The van der Waals surface area contributed by atoms with Crippen molar-refractivity contribution in [2.24, 2.45) is 0 Å². The Morgan fingerprint density at radius 3 is 1.82 bits per heavy atom. The van der Waals surface area contributed by atoms with Gasteiger partial charge in [0.25, 0.3) is 11.8 Å². The van der Waals surface area contributed by atoms with Crippen LogP contribution in [0, 0.1) is 0 Å². The molecule has 0 saturated carbocycles. The molecule has 2 aromatic heterocycles. The van der Waals surface area contributed by atoms with Gasteiger partial charge in [0.2, 0.25) is 0 Å². The molecular formula is C41H47ClN6O9. The number of aldehydes is 1. The highest BCUT2D eigenvalue weighted by Gasteiger charge is 2.37. The number of benzene rings is 2. The molecular weight excluding hydrogens is 756 g/mol. The molecule has 6 aliphatic heterocycles. The monoisotopic (exact) mass is 802 g/mol.